The van der Waals surface area contributed by atoms with Gasteiger partial charge in [0.1, 0.15) is 5.75 Å². The number of nitrogens with zero attached hydrogens (tertiary/aromatic N) is 3. The van der Waals surface area contributed by atoms with E-state index in [9.17, 15) is 9.59 Å². The second-order valence-electron chi connectivity index (χ2n) is 7.31. The highest BCUT2D eigenvalue weighted by molar-refractivity contribution is 7.10. The van der Waals surface area contributed by atoms with Gasteiger partial charge in [0.15, 0.2) is 11.7 Å². The van der Waals surface area contributed by atoms with Gasteiger partial charge in [-0.25, -0.2) is 0 Å². The Balaban J connectivity index is 2.10. The summed E-state index contributed by atoms with van der Waals surface area (Å²) in [6.45, 7) is 5.92. The topological polar surface area (TPSA) is 84.4 Å². The number of ether oxygens (including phenoxy) is 1. The molecule has 0 aliphatic carbocycles. The molecule has 30 heavy (non-hydrogen) atoms. The Kier molecular flexibility index (Phi) is 6.84. The van der Waals surface area contributed by atoms with E-state index in [-0.39, 0.29) is 11.6 Å². The van der Waals surface area contributed by atoms with Gasteiger partial charge in [0, 0.05) is 21.5 Å². The molecule has 1 N–H and O–H groups in total. The molecule has 0 aliphatic rings. The molecule has 1 aromatic carbocycles. The molecule has 0 bridgehead atoms. The number of methoxy groups -OCH3 is 1. The lowest BCUT2D eigenvalue weighted by Crippen LogP contribution is -2.50. The Morgan fingerprint density at radius 1 is 1.23 bits per heavy atom. The number of nitrogens with one attached hydrogen (secondary N) is 1. The normalized spacial score (nSPS) is 12.3. The first-order chi connectivity index (χ1) is 14.4. The van der Waals surface area contributed by atoms with Crippen molar-refractivity contribution in [2.24, 2.45) is 0 Å². The number of amides is 2. The summed E-state index contributed by atoms with van der Waals surface area (Å²) in [5.74, 6) is 0.0131. The van der Waals surface area contributed by atoms with Crippen molar-refractivity contribution >= 4 is 40.4 Å². The predicted octanol–water partition coefficient (Wildman–Crippen LogP) is 4.30. The summed E-state index contributed by atoms with van der Waals surface area (Å²) in [6, 6.07) is 9.91. The molecule has 7 nitrogen and oxygen atoms in total. The maximum Gasteiger partial charge on any atom is 0.280 e. The van der Waals surface area contributed by atoms with E-state index in [2.05, 4.69) is 14.9 Å². The van der Waals surface area contributed by atoms with Crippen LogP contribution in [-0.2, 0) is 4.79 Å². The molecular formula is C21H24N4O3S2. The van der Waals surface area contributed by atoms with Crippen LogP contribution >= 0.6 is 22.9 Å². The highest BCUT2D eigenvalue weighted by atomic mass is 32.1. The lowest BCUT2D eigenvalue weighted by molar-refractivity contribution is -0.124. The maximum atomic E-state index is 13.5. The van der Waals surface area contributed by atoms with Gasteiger partial charge in [0.05, 0.1) is 7.11 Å². The van der Waals surface area contributed by atoms with Crippen LogP contribution in [0.15, 0.2) is 47.2 Å². The SMILES string of the molecule is CCC(C)(C)NC(=O)[C@@H](c1cccs1)N(C(=O)c1csnn1)c1ccc(OC)cc1. The molecule has 0 aliphatic heterocycles. The molecule has 0 spiro atoms. The van der Waals surface area contributed by atoms with Crippen LogP contribution in [0.1, 0.15) is 48.6 Å². The molecule has 2 aromatic heterocycles. The lowest BCUT2D eigenvalue weighted by atomic mass is 10.0. The standard InChI is InChI=1S/C21H24N4O3S2/c1-5-21(2,3)22-19(26)18(17-7-6-12-29-17)25(20(27)16-13-30-24-23-16)14-8-10-15(28-4)11-9-14/h6-13,18H,5H2,1-4H3,(H,22,26)/t18-/m1/s1. The van der Waals surface area contributed by atoms with Crippen molar-refractivity contribution in [1.29, 1.82) is 0 Å². The quantitative estimate of drug-likeness (QED) is 0.560. The third-order valence-corrected chi connectivity index (χ3v) is 6.24. The monoisotopic (exact) mass is 444 g/mol. The number of carbonyl (C=O) groups excluding carboxylic acids is 2. The third-order valence-electron chi connectivity index (χ3n) is 4.81. The first-order valence-corrected chi connectivity index (χ1v) is 11.2. The van der Waals surface area contributed by atoms with E-state index < -0.39 is 17.5 Å². The van der Waals surface area contributed by atoms with Crippen LogP contribution in [0.5, 0.6) is 5.75 Å². The maximum absolute atomic E-state index is 13.5. The summed E-state index contributed by atoms with van der Waals surface area (Å²) >= 11 is 2.52. The van der Waals surface area contributed by atoms with Gasteiger partial charge in [0.25, 0.3) is 5.91 Å². The Morgan fingerprint density at radius 3 is 2.50 bits per heavy atom. The van der Waals surface area contributed by atoms with E-state index in [4.69, 9.17) is 4.74 Å². The second-order valence-corrected chi connectivity index (χ2v) is 8.90. The Bertz CT molecular complexity index is 970. The highest BCUT2D eigenvalue weighted by Gasteiger charge is 2.36. The van der Waals surface area contributed by atoms with Crippen LogP contribution in [0.2, 0.25) is 0 Å². The summed E-state index contributed by atoms with van der Waals surface area (Å²) < 4.78 is 9.05. The van der Waals surface area contributed by atoms with Crippen LogP contribution < -0.4 is 15.0 Å². The van der Waals surface area contributed by atoms with E-state index in [0.29, 0.717) is 11.4 Å². The summed E-state index contributed by atoms with van der Waals surface area (Å²) in [5.41, 5.74) is 0.347. The molecule has 1 atom stereocenters. The zero-order valence-corrected chi connectivity index (χ0v) is 18.9. The van der Waals surface area contributed by atoms with Crippen LogP contribution in [0, 0.1) is 0 Å². The number of benzene rings is 1. The van der Waals surface area contributed by atoms with Gasteiger partial charge in [-0.2, -0.15) is 0 Å². The van der Waals surface area contributed by atoms with Crippen LogP contribution in [0.3, 0.4) is 0 Å². The third kappa shape index (κ3) is 4.85. The minimum Gasteiger partial charge on any atom is -0.497 e. The van der Waals surface area contributed by atoms with Crippen molar-refractivity contribution in [3.05, 3.63) is 57.7 Å². The van der Waals surface area contributed by atoms with E-state index in [1.807, 2.05) is 38.3 Å². The summed E-state index contributed by atoms with van der Waals surface area (Å²) in [4.78, 5) is 29.2. The van der Waals surface area contributed by atoms with Crippen molar-refractivity contribution in [1.82, 2.24) is 14.9 Å². The van der Waals surface area contributed by atoms with Gasteiger partial charge in [-0.3, -0.25) is 14.5 Å². The molecule has 2 heterocycles. The Morgan fingerprint density at radius 2 is 1.97 bits per heavy atom. The number of thiophene rings is 1. The van der Waals surface area contributed by atoms with Crippen molar-refractivity contribution < 1.29 is 14.3 Å². The zero-order valence-electron chi connectivity index (χ0n) is 17.3. The Hall–Kier alpha value is -2.78. The van der Waals surface area contributed by atoms with Crippen molar-refractivity contribution in [2.45, 2.75) is 38.8 Å². The second kappa shape index (κ2) is 9.36. The van der Waals surface area contributed by atoms with E-state index >= 15 is 0 Å². The number of aromatic nitrogens is 2. The minimum atomic E-state index is -0.849. The van der Waals surface area contributed by atoms with Gasteiger partial charge in [0.2, 0.25) is 5.91 Å². The number of carbonyl (C=O) groups is 2. The minimum absolute atomic E-state index is 0.194. The molecule has 2 amide bonds. The number of hydrogen-bond acceptors (Lipinski definition) is 7. The van der Waals surface area contributed by atoms with E-state index in [1.54, 1.807) is 36.8 Å². The lowest BCUT2D eigenvalue weighted by Gasteiger charge is -2.33. The molecule has 0 saturated carbocycles. The average Bonchev–Trinajstić information content (AvgIpc) is 3.45. The smallest absolute Gasteiger partial charge is 0.280 e. The molecule has 3 aromatic rings. The molecule has 0 fully saturated rings. The number of rotatable bonds is 8. The fraction of sp³-hybridized carbons (Fsp3) is 0.333. The van der Waals surface area contributed by atoms with Crippen molar-refractivity contribution in [2.75, 3.05) is 12.0 Å². The van der Waals surface area contributed by atoms with Gasteiger partial charge in [-0.1, -0.05) is 17.5 Å². The summed E-state index contributed by atoms with van der Waals surface area (Å²) in [6.07, 6.45) is 0.752. The van der Waals surface area contributed by atoms with Crippen LogP contribution in [0.4, 0.5) is 5.69 Å². The molecule has 0 unspecified atom stereocenters. The highest BCUT2D eigenvalue weighted by Crippen LogP contribution is 2.33. The first kappa shape index (κ1) is 21.9. The molecule has 9 heteroatoms. The molecule has 0 saturated heterocycles. The van der Waals surface area contributed by atoms with Gasteiger partial charge in [-0.05, 0) is 67.5 Å². The number of hydrogen-bond donors (Lipinski definition) is 1. The van der Waals surface area contributed by atoms with Crippen LogP contribution in [0.25, 0.3) is 0 Å². The fourth-order valence-electron chi connectivity index (χ4n) is 2.82. The first-order valence-electron chi connectivity index (χ1n) is 9.46. The summed E-state index contributed by atoms with van der Waals surface area (Å²) in [5, 5.41) is 10.5. The predicted molar refractivity (Wildman–Crippen MR) is 119 cm³/mol. The zero-order chi connectivity index (χ0) is 21.7. The molecule has 3 rings (SSSR count). The fourth-order valence-corrected chi connectivity index (χ4v) is 4.06. The van der Waals surface area contributed by atoms with Crippen molar-refractivity contribution in [3.8, 4) is 5.75 Å². The summed E-state index contributed by atoms with van der Waals surface area (Å²) in [7, 11) is 1.58. The van der Waals surface area contributed by atoms with Gasteiger partial charge in [-0.15, -0.1) is 16.4 Å². The van der Waals surface area contributed by atoms with Crippen molar-refractivity contribution in [3.63, 3.8) is 0 Å². The van der Waals surface area contributed by atoms with E-state index in [0.717, 1.165) is 22.8 Å². The van der Waals surface area contributed by atoms with E-state index in [1.165, 1.54) is 16.2 Å². The molecular weight excluding hydrogens is 420 g/mol. The average molecular weight is 445 g/mol. The van der Waals surface area contributed by atoms with Crippen LogP contribution in [-0.4, -0.2) is 34.1 Å². The number of anilines is 1. The molecule has 158 valence electrons. The largest absolute Gasteiger partial charge is 0.497 e. The van der Waals surface area contributed by atoms with Gasteiger partial charge >= 0.3 is 0 Å². The van der Waals surface area contributed by atoms with Gasteiger partial charge < -0.3 is 10.1 Å². The molecule has 0 radical (unpaired) electrons. The Labute approximate surface area is 183 Å².